The van der Waals surface area contributed by atoms with Crippen molar-refractivity contribution in [2.24, 2.45) is 5.92 Å². The highest BCUT2D eigenvalue weighted by Gasteiger charge is 2.20. The average molecular weight is 322 g/mol. The standard InChI is InChI=1S/C19H30O4/c1-2-3-8-17(15-16-9-11-18(21)12-10-16)19(22)23-14-7-5-4-6-13-20/h9-12,17,20-21H,2-8,13-15H2,1H3. The number of phenolic OH excluding ortho intramolecular Hbond substituents is 1. The Hall–Kier alpha value is -1.55. The van der Waals surface area contributed by atoms with Crippen LogP contribution >= 0.6 is 0 Å². The molecule has 1 atom stereocenters. The molecule has 1 rings (SSSR count). The van der Waals surface area contributed by atoms with Gasteiger partial charge in [-0.05, 0) is 49.8 Å². The Bertz CT molecular complexity index is 428. The molecular formula is C19H30O4. The Morgan fingerprint density at radius 1 is 1.09 bits per heavy atom. The van der Waals surface area contributed by atoms with Gasteiger partial charge in [-0.1, -0.05) is 38.3 Å². The quantitative estimate of drug-likeness (QED) is 0.453. The van der Waals surface area contributed by atoms with Gasteiger partial charge in [0.25, 0.3) is 0 Å². The Morgan fingerprint density at radius 3 is 2.43 bits per heavy atom. The van der Waals surface area contributed by atoms with Crippen LogP contribution in [0.15, 0.2) is 24.3 Å². The molecule has 0 amide bonds. The number of hydrogen-bond acceptors (Lipinski definition) is 4. The molecule has 0 saturated carbocycles. The fraction of sp³-hybridized carbons (Fsp3) is 0.632. The van der Waals surface area contributed by atoms with Crippen molar-refractivity contribution in [2.75, 3.05) is 13.2 Å². The Balaban J connectivity index is 2.42. The molecule has 1 unspecified atom stereocenters. The lowest BCUT2D eigenvalue weighted by Gasteiger charge is -2.16. The fourth-order valence-corrected chi connectivity index (χ4v) is 2.53. The summed E-state index contributed by atoms with van der Waals surface area (Å²) in [6.45, 7) is 2.80. The number of benzene rings is 1. The molecule has 23 heavy (non-hydrogen) atoms. The number of rotatable bonds is 12. The molecule has 0 bridgehead atoms. The first-order chi connectivity index (χ1) is 11.2. The first kappa shape index (κ1) is 19.5. The van der Waals surface area contributed by atoms with Crippen LogP contribution in [-0.2, 0) is 16.0 Å². The van der Waals surface area contributed by atoms with Crippen molar-refractivity contribution in [1.29, 1.82) is 0 Å². The summed E-state index contributed by atoms with van der Waals surface area (Å²) in [4.78, 5) is 12.3. The topological polar surface area (TPSA) is 66.8 Å². The minimum atomic E-state index is -0.117. The summed E-state index contributed by atoms with van der Waals surface area (Å²) >= 11 is 0. The van der Waals surface area contributed by atoms with Crippen LogP contribution in [0.25, 0.3) is 0 Å². The highest BCUT2D eigenvalue weighted by Crippen LogP contribution is 2.19. The van der Waals surface area contributed by atoms with E-state index in [2.05, 4.69) is 6.92 Å². The number of carbonyl (C=O) groups is 1. The number of unbranched alkanes of at least 4 members (excludes halogenated alkanes) is 4. The van der Waals surface area contributed by atoms with Gasteiger partial charge in [0.1, 0.15) is 5.75 Å². The molecule has 0 radical (unpaired) electrons. The number of aromatic hydroxyl groups is 1. The molecule has 1 aromatic carbocycles. The van der Waals surface area contributed by atoms with Crippen LogP contribution in [0.3, 0.4) is 0 Å². The van der Waals surface area contributed by atoms with E-state index >= 15 is 0 Å². The molecule has 2 N–H and O–H groups in total. The van der Waals surface area contributed by atoms with Gasteiger partial charge in [0.2, 0.25) is 0 Å². The van der Waals surface area contributed by atoms with Gasteiger partial charge in [-0.2, -0.15) is 0 Å². The lowest BCUT2D eigenvalue weighted by atomic mass is 9.94. The molecule has 0 saturated heterocycles. The van der Waals surface area contributed by atoms with Crippen LogP contribution in [0, 0.1) is 5.92 Å². The molecule has 0 aliphatic heterocycles. The van der Waals surface area contributed by atoms with E-state index < -0.39 is 0 Å². The molecule has 0 fully saturated rings. The van der Waals surface area contributed by atoms with Gasteiger partial charge in [-0.25, -0.2) is 0 Å². The number of carbonyl (C=O) groups excluding carboxylic acids is 1. The third-order valence-corrected chi connectivity index (χ3v) is 3.95. The smallest absolute Gasteiger partial charge is 0.309 e. The molecule has 0 aliphatic carbocycles. The Labute approximate surface area is 139 Å². The van der Waals surface area contributed by atoms with E-state index in [1.807, 2.05) is 12.1 Å². The second-order valence-corrected chi connectivity index (χ2v) is 6.02. The van der Waals surface area contributed by atoms with Gasteiger partial charge in [0.05, 0.1) is 12.5 Å². The summed E-state index contributed by atoms with van der Waals surface area (Å²) in [5.41, 5.74) is 1.05. The summed E-state index contributed by atoms with van der Waals surface area (Å²) in [5.74, 6) is 0.00920. The highest BCUT2D eigenvalue weighted by atomic mass is 16.5. The number of aliphatic hydroxyl groups excluding tert-OH is 1. The van der Waals surface area contributed by atoms with Gasteiger partial charge in [-0.3, -0.25) is 4.79 Å². The predicted molar refractivity (Wildman–Crippen MR) is 91.3 cm³/mol. The van der Waals surface area contributed by atoms with Crippen molar-refractivity contribution in [3.05, 3.63) is 29.8 Å². The molecule has 0 heterocycles. The van der Waals surface area contributed by atoms with E-state index in [1.54, 1.807) is 12.1 Å². The summed E-state index contributed by atoms with van der Waals surface area (Å²) in [6.07, 6.45) is 7.17. The van der Waals surface area contributed by atoms with E-state index in [0.29, 0.717) is 13.0 Å². The van der Waals surface area contributed by atoms with Gasteiger partial charge in [0, 0.05) is 6.61 Å². The van der Waals surface area contributed by atoms with Crippen LogP contribution in [0.2, 0.25) is 0 Å². The minimum Gasteiger partial charge on any atom is -0.508 e. The van der Waals surface area contributed by atoms with Gasteiger partial charge >= 0.3 is 5.97 Å². The molecule has 4 nitrogen and oxygen atoms in total. The van der Waals surface area contributed by atoms with Crippen molar-refractivity contribution in [3.8, 4) is 5.75 Å². The minimum absolute atomic E-state index is 0.114. The van der Waals surface area contributed by atoms with E-state index in [4.69, 9.17) is 9.84 Å². The maximum Gasteiger partial charge on any atom is 0.309 e. The van der Waals surface area contributed by atoms with Crippen LogP contribution < -0.4 is 0 Å². The van der Waals surface area contributed by atoms with Crippen molar-refractivity contribution in [3.63, 3.8) is 0 Å². The van der Waals surface area contributed by atoms with E-state index in [1.165, 1.54) is 0 Å². The van der Waals surface area contributed by atoms with Gasteiger partial charge < -0.3 is 14.9 Å². The third-order valence-electron chi connectivity index (χ3n) is 3.95. The highest BCUT2D eigenvalue weighted by molar-refractivity contribution is 5.72. The van der Waals surface area contributed by atoms with Crippen molar-refractivity contribution in [2.45, 2.75) is 58.3 Å². The molecule has 1 aromatic rings. The summed E-state index contributed by atoms with van der Waals surface area (Å²) in [5, 5.41) is 18.1. The Morgan fingerprint density at radius 2 is 1.78 bits per heavy atom. The van der Waals surface area contributed by atoms with Crippen LogP contribution in [0.5, 0.6) is 5.75 Å². The maximum absolute atomic E-state index is 12.3. The number of hydrogen-bond donors (Lipinski definition) is 2. The van der Waals surface area contributed by atoms with Crippen LogP contribution in [0.4, 0.5) is 0 Å². The first-order valence-corrected chi connectivity index (χ1v) is 8.72. The predicted octanol–water partition coefficient (Wildman–Crippen LogP) is 3.84. The van der Waals surface area contributed by atoms with Crippen molar-refractivity contribution < 1.29 is 19.7 Å². The SMILES string of the molecule is CCCCC(Cc1ccc(O)cc1)C(=O)OCCCCCCO. The molecule has 0 spiro atoms. The molecule has 4 heteroatoms. The number of aliphatic hydroxyl groups is 1. The molecule has 130 valence electrons. The number of esters is 1. The Kier molecular flexibility index (Phi) is 10.1. The van der Waals surface area contributed by atoms with Gasteiger partial charge in [-0.15, -0.1) is 0 Å². The molecule has 0 aliphatic rings. The van der Waals surface area contributed by atoms with E-state index in [9.17, 15) is 9.90 Å². The van der Waals surface area contributed by atoms with E-state index in [-0.39, 0.29) is 24.2 Å². The average Bonchev–Trinajstić information content (AvgIpc) is 2.56. The first-order valence-electron chi connectivity index (χ1n) is 8.72. The lowest BCUT2D eigenvalue weighted by Crippen LogP contribution is -2.20. The second-order valence-electron chi connectivity index (χ2n) is 6.02. The zero-order chi connectivity index (χ0) is 16.9. The molecule has 0 aromatic heterocycles. The summed E-state index contributed by atoms with van der Waals surface area (Å²) in [7, 11) is 0. The zero-order valence-electron chi connectivity index (χ0n) is 14.2. The third kappa shape index (κ3) is 8.60. The van der Waals surface area contributed by atoms with Crippen LogP contribution in [-0.4, -0.2) is 29.4 Å². The van der Waals surface area contributed by atoms with Crippen LogP contribution in [0.1, 0.15) is 57.4 Å². The summed E-state index contributed by atoms with van der Waals surface area (Å²) in [6, 6.07) is 7.02. The van der Waals surface area contributed by atoms with Crippen molar-refractivity contribution in [1.82, 2.24) is 0 Å². The fourth-order valence-electron chi connectivity index (χ4n) is 2.53. The van der Waals surface area contributed by atoms with E-state index in [0.717, 1.165) is 50.5 Å². The van der Waals surface area contributed by atoms with Gasteiger partial charge in [0.15, 0.2) is 0 Å². The summed E-state index contributed by atoms with van der Waals surface area (Å²) < 4.78 is 5.43. The monoisotopic (exact) mass is 322 g/mol. The number of phenols is 1. The second kappa shape index (κ2) is 11.9. The zero-order valence-corrected chi connectivity index (χ0v) is 14.2. The van der Waals surface area contributed by atoms with Crippen molar-refractivity contribution >= 4 is 5.97 Å². The largest absolute Gasteiger partial charge is 0.508 e. The number of ether oxygens (including phenoxy) is 1. The lowest BCUT2D eigenvalue weighted by molar-refractivity contribution is -0.149. The maximum atomic E-state index is 12.3. The normalized spacial score (nSPS) is 12.1. The molecular weight excluding hydrogens is 292 g/mol.